The van der Waals surface area contributed by atoms with Crippen LogP contribution in [0.15, 0.2) is 24.3 Å². The van der Waals surface area contributed by atoms with E-state index in [0.29, 0.717) is 12.2 Å². The third-order valence-electron chi connectivity index (χ3n) is 3.40. The Kier molecular flexibility index (Phi) is 5.31. The quantitative estimate of drug-likeness (QED) is 0.871. The molecule has 2 N–H and O–H groups in total. The molecule has 6 heteroatoms. The van der Waals surface area contributed by atoms with Gasteiger partial charge in [-0.15, -0.1) is 0 Å². The minimum Gasteiger partial charge on any atom is -0.326 e. The van der Waals surface area contributed by atoms with E-state index in [1.54, 1.807) is 24.1 Å². The molecule has 0 saturated carbocycles. The van der Waals surface area contributed by atoms with Gasteiger partial charge in [-0.25, -0.2) is 9.18 Å². The molecule has 0 spiro atoms. The maximum absolute atomic E-state index is 12.8. The number of piperazine rings is 1. The summed E-state index contributed by atoms with van der Waals surface area (Å²) in [5.74, 6) is -0.310. The number of benzene rings is 1. The monoisotopic (exact) mass is 280 g/mol. The van der Waals surface area contributed by atoms with Crippen molar-refractivity contribution >= 4 is 11.7 Å². The number of anilines is 1. The highest BCUT2D eigenvalue weighted by Crippen LogP contribution is 2.08. The van der Waals surface area contributed by atoms with Crippen LogP contribution in [0.2, 0.25) is 0 Å². The molecule has 1 aromatic carbocycles. The van der Waals surface area contributed by atoms with E-state index in [1.807, 2.05) is 0 Å². The second-order valence-electron chi connectivity index (χ2n) is 4.95. The lowest BCUT2D eigenvalue weighted by molar-refractivity contribution is 0.197. The zero-order valence-electron chi connectivity index (χ0n) is 11.7. The van der Waals surface area contributed by atoms with Crippen LogP contribution < -0.4 is 10.6 Å². The number of amides is 2. The van der Waals surface area contributed by atoms with Gasteiger partial charge in [-0.1, -0.05) is 0 Å². The zero-order valence-corrected chi connectivity index (χ0v) is 11.7. The average molecular weight is 280 g/mol. The molecule has 110 valence electrons. The van der Waals surface area contributed by atoms with Crippen LogP contribution in [-0.4, -0.2) is 62.1 Å². The van der Waals surface area contributed by atoms with E-state index in [4.69, 9.17) is 0 Å². The number of hydrogen-bond acceptors (Lipinski definition) is 3. The molecule has 1 heterocycles. The number of rotatable bonds is 4. The molecule has 0 atom stereocenters. The molecule has 1 aliphatic rings. The molecule has 1 fully saturated rings. The van der Waals surface area contributed by atoms with E-state index in [-0.39, 0.29) is 11.8 Å². The van der Waals surface area contributed by atoms with Gasteiger partial charge < -0.3 is 15.5 Å². The Bertz CT molecular complexity index is 431. The highest BCUT2D eigenvalue weighted by atomic mass is 19.1. The molecular formula is C14H21FN4O. The van der Waals surface area contributed by atoms with E-state index >= 15 is 0 Å². The van der Waals surface area contributed by atoms with E-state index in [9.17, 15) is 9.18 Å². The van der Waals surface area contributed by atoms with Crippen molar-refractivity contribution in [2.24, 2.45) is 0 Å². The minimum atomic E-state index is -0.310. The van der Waals surface area contributed by atoms with Crippen molar-refractivity contribution < 1.29 is 9.18 Å². The van der Waals surface area contributed by atoms with Crippen LogP contribution >= 0.6 is 0 Å². The molecule has 0 radical (unpaired) electrons. The number of carbonyl (C=O) groups excluding carboxylic acids is 1. The Morgan fingerprint density at radius 3 is 2.65 bits per heavy atom. The van der Waals surface area contributed by atoms with Gasteiger partial charge in [0.2, 0.25) is 0 Å². The van der Waals surface area contributed by atoms with Crippen molar-refractivity contribution in [3.63, 3.8) is 0 Å². The van der Waals surface area contributed by atoms with Crippen molar-refractivity contribution in [1.82, 2.24) is 15.1 Å². The van der Waals surface area contributed by atoms with E-state index in [2.05, 4.69) is 15.5 Å². The van der Waals surface area contributed by atoms with Crippen LogP contribution in [0.1, 0.15) is 0 Å². The van der Waals surface area contributed by atoms with E-state index < -0.39 is 0 Å². The largest absolute Gasteiger partial charge is 0.326 e. The summed E-state index contributed by atoms with van der Waals surface area (Å²) in [6.07, 6.45) is 0. The molecule has 5 nitrogen and oxygen atoms in total. The van der Waals surface area contributed by atoms with Gasteiger partial charge >= 0.3 is 6.03 Å². The van der Waals surface area contributed by atoms with Gasteiger partial charge in [-0.3, -0.25) is 4.90 Å². The lowest BCUT2D eigenvalue weighted by Crippen LogP contribution is -2.46. The molecule has 0 aliphatic carbocycles. The Balaban J connectivity index is 1.75. The number of urea groups is 1. The number of likely N-dealkylation sites (N-methyl/N-ethyl adjacent to an activating group) is 1. The summed E-state index contributed by atoms with van der Waals surface area (Å²) in [4.78, 5) is 15.9. The second kappa shape index (κ2) is 7.21. The molecule has 1 saturated heterocycles. The van der Waals surface area contributed by atoms with Crippen LogP contribution in [0.25, 0.3) is 0 Å². The highest BCUT2D eigenvalue weighted by Gasteiger charge is 2.13. The molecule has 0 bridgehead atoms. The fraction of sp³-hybridized carbons (Fsp3) is 0.500. The number of halogens is 1. The highest BCUT2D eigenvalue weighted by molar-refractivity contribution is 5.89. The summed E-state index contributed by atoms with van der Waals surface area (Å²) >= 11 is 0. The molecule has 0 unspecified atom stereocenters. The van der Waals surface area contributed by atoms with Gasteiger partial charge in [0, 0.05) is 52.0 Å². The summed E-state index contributed by atoms with van der Waals surface area (Å²) in [6.45, 7) is 5.60. The van der Waals surface area contributed by atoms with Gasteiger partial charge in [0.15, 0.2) is 0 Å². The smallest absolute Gasteiger partial charge is 0.321 e. The summed E-state index contributed by atoms with van der Waals surface area (Å²) in [7, 11) is 1.76. The van der Waals surface area contributed by atoms with Gasteiger partial charge in [0.05, 0.1) is 0 Å². The predicted octanol–water partition coefficient (Wildman–Crippen LogP) is 1.19. The molecule has 1 aliphatic heterocycles. The first-order valence-corrected chi connectivity index (χ1v) is 6.86. The SMILES string of the molecule is CN(CCN1CCNCC1)C(=O)Nc1ccc(F)cc1. The third-order valence-corrected chi connectivity index (χ3v) is 3.40. The topological polar surface area (TPSA) is 47.6 Å². The first-order chi connectivity index (χ1) is 9.65. The molecule has 0 aromatic heterocycles. The first-order valence-electron chi connectivity index (χ1n) is 6.86. The predicted molar refractivity (Wildman–Crippen MR) is 77.4 cm³/mol. The van der Waals surface area contributed by atoms with Crippen LogP contribution in [0, 0.1) is 5.82 Å². The molecule has 2 rings (SSSR count). The maximum atomic E-state index is 12.8. The third kappa shape index (κ3) is 4.47. The summed E-state index contributed by atoms with van der Waals surface area (Å²) in [5, 5.41) is 6.04. The minimum absolute atomic E-state index is 0.174. The molecule has 2 amide bonds. The number of nitrogens with zero attached hydrogens (tertiary/aromatic N) is 2. The van der Waals surface area contributed by atoms with E-state index in [0.717, 1.165) is 32.7 Å². The van der Waals surface area contributed by atoms with Gasteiger partial charge in [0.25, 0.3) is 0 Å². The summed E-state index contributed by atoms with van der Waals surface area (Å²) in [6, 6.07) is 5.59. The maximum Gasteiger partial charge on any atom is 0.321 e. The fourth-order valence-electron chi connectivity index (χ4n) is 2.08. The van der Waals surface area contributed by atoms with Crippen molar-refractivity contribution in [3.8, 4) is 0 Å². The van der Waals surface area contributed by atoms with Gasteiger partial charge in [-0.2, -0.15) is 0 Å². The van der Waals surface area contributed by atoms with Crippen LogP contribution in [-0.2, 0) is 0 Å². The number of nitrogens with one attached hydrogen (secondary N) is 2. The van der Waals surface area contributed by atoms with Crippen molar-refractivity contribution in [2.75, 3.05) is 51.6 Å². The van der Waals surface area contributed by atoms with Crippen molar-refractivity contribution in [2.45, 2.75) is 0 Å². The fourth-order valence-corrected chi connectivity index (χ4v) is 2.08. The van der Waals surface area contributed by atoms with Gasteiger partial charge in [0.1, 0.15) is 5.82 Å². The normalized spacial score (nSPS) is 15.9. The van der Waals surface area contributed by atoms with E-state index in [1.165, 1.54) is 12.1 Å². The molecule has 1 aromatic rings. The molecule has 20 heavy (non-hydrogen) atoms. The Labute approximate surface area is 118 Å². The summed E-state index contributed by atoms with van der Waals surface area (Å²) < 4.78 is 12.8. The second-order valence-corrected chi connectivity index (χ2v) is 4.95. The van der Waals surface area contributed by atoms with Gasteiger partial charge in [-0.05, 0) is 24.3 Å². The van der Waals surface area contributed by atoms with Crippen molar-refractivity contribution in [1.29, 1.82) is 0 Å². The number of carbonyl (C=O) groups is 1. The van der Waals surface area contributed by atoms with Crippen molar-refractivity contribution in [3.05, 3.63) is 30.1 Å². The van der Waals surface area contributed by atoms with Crippen LogP contribution in [0.4, 0.5) is 14.9 Å². The Morgan fingerprint density at radius 2 is 2.00 bits per heavy atom. The van der Waals surface area contributed by atoms with Crippen LogP contribution in [0.3, 0.4) is 0 Å². The standard InChI is InChI=1S/C14H21FN4O/c1-18(10-11-19-8-6-16-7-9-19)14(20)17-13-4-2-12(15)3-5-13/h2-5,16H,6-11H2,1H3,(H,17,20). The Morgan fingerprint density at radius 1 is 1.35 bits per heavy atom. The average Bonchev–Trinajstić information content (AvgIpc) is 2.48. The van der Waals surface area contributed by atoms with Crippen LogP contribution in [0.5, 0.6) is 0 Å². The lowest BCUT2D eigenvalue weighted by atomic mass is 10.3. The first kappa shape index (κ1) is 14.7. The summed E-state index contributed by atoms with van der Waals surface area (Å²) in [5.41, 5.74) is 0.602. The Hall–Kier alpha value is -1.66. The zero-order chi connectivity index (χ0) is 14.4. The lowest BCUT2D eigenvalue weighted by Gasteiger charge is -2.29. The number of hydrogen-bond donors (Lipinski definition) is 2. The molecular weight excluding hydrogens is 259 g/mol.